The van der Waals surface area contributed by atoms with Gasteiger partial charge in [-0.25, -0.2) is 4.79 Å². The Morgan fingerprint density at radius 3 is 2.64 bits per heavy atom. The summed E-state index contributed by atoms with van der Waals surface area (Å²) in [7, 11) is 2.24. The van der Waals surface area contributed by atoms with Crippen molar-refractivity contribution in [2.45, 2.75) is 63.8 Å². The van der Waals surface area contributed by atoms with Gasteiger partial charge < -0.3 is 15.8 Å². The number of fused-ring (bicyclic) bond motifs is 2. The van der Waals surface area contributed by atoms with Gasteiger partial charge in [-0.1, -0.05) is 0 Å². The van der Waals surface area contributed by atoms with Gasteiger partial charge in [0.15, 0.2) is 0 Å². The van der Waals surface area contributed by atoms with Gasteiger partial charge in [0.2, 0.25) is 0 Å². The third kappa shape index (κ3) is 4.57. The largest absolute Gasteiger partial charge is 0.444 e. The average molecular weight is 312 g/mol. The Morgan fingerprint density at radius 1 is 1.32 bits per heavy atom. The molecule has 0 aromatic carbocycles. The summed E-state index contributed by atoms with van der Waals surface area (Å²) < 4.78 is 5.29. The minimum Gasteiger partial charge on any atom is -0.444 e. The van der Waals surface area contributed by atoms with E-state index in [4.69, 9.17) is 10.5 Å². The maximum Gasteiger partial charge on any atom is 0.407 e. The molecule has 0 aliphatic carbocycles. The Kier molecular flexibility index (Phi) is 5.69. The molecule has 0 aromatic heterocycles. The maximum absolute atomic E-state index is 11.8. The molecule has 2 fully saturated rings. The number of nitrogens with one attached hydrogen (secondary N) is 1. The first kappa shape index (κ1) is 17.5. The summed E-state index contributed by atoms with van der Waals surface area (Å²) in [4.78, 5) is 16.8. The zero-order valence-corrected chi connectivity index (χ0v) is 14.5. The van der Waals surface area contributed by atoms with E-state index in [0.29, 0.717) is 25.2 Å². The van der Waals surface area contributed by atoms with Crippen LogP contribution in [-0.4, -0.2) is 72.8 Å². The molecule has 6 heteroatoms. The molecule has 3 N–H and O–H groups in total. The Labute approximate surface area is 134 Å². The van der Waals surface area contributed by atoms with E-state index in [1.165, 1.54) is 19.3 Å². The number of nitrogens with two attached hydrogens (primary N) is 1. The SMILES string of the molecule is CN1C2CCC1CN(C(CN)CNC(=O)OC(C)(C)C)CC2. The lowest BCUT2D eigenvalue weighted by molar-refractivity contribution is 0.0506. The van der Waals surface area contributed by atoms with Crippen molar-refractivity contribution >= 4 is 6.09 Å². The summed E-state index contributed by atoms with van der Waals surface area (Å²) in [5.74, 6) is 0. The second-order valence-corrected chi connectivity index (χ2v) is 7.61. The van der Waals surface area contributed by atoms with Crippen LogP contribution in [0, 0.1) is 0 Å². The summed E-state index contributed by atoms with van der Waals surface area (Å²) >= 11 is 0. The van der Waals surface area contributed by atoms with Crippen LogP contribution in [-0.2, 0) is 4.74 Å². The van der Waals surface area contributed by atoms with Crippen LogP contribution in [0.4, 0.5) is 4.79 Å². The Balaban J connectivity index is 1.85. The molecule has 1 amide bonds. The number of nitrogens with zero attached hydrogens (tertiary/aromatic N) is 2. The van der Waals surface area contributed by atoms with Gasteiger partial charge in [0.1, 0.15) is 5.60 Å². The standard InChI is InChI=1S/C16H32N4O2/c1-16(2,3)22-15(21)18-10-14(9-17)20-8-7-12-5-6-13(11-20)19(12)4/h12-14H,5-11,17H2,1-4H3,(H,18,21). The number of alkyl carbamates (subject to hydrolysis) is 1. The number of ether oxygens (including phenoxy) is 1. The number of hydrogen-bond donors (Lipinski definition) is 2. The van der Waals surface area contributed by atoms with E-state index in [-0.39, 0.29) is 12.1 Å². The first-order valence-electron chi connectivity index (χ1n) is 8.43. The molecule has 0 radical (unpaired) electrons. The number of amides is 1. The fraction of sp³-hybridized carbons (Fsp3) is 0.938. The van der Waals surface area contributed by atoms with E-state index in [1.807, 2.05) is 20.8 Å². The number of carbonyl (C=O) groups excluding carboxylic acids is 1. The van der Waals surface area contributed by atoms with Gasteiger partial charge >= 0.3 is 6.09 Å². The molecule has 128 valence electrons. The predicted molar refractivity (Wildman–Crippen MR) is 87.8 cm³/mol. The molecule has 2 rings (SSSR count). The highest BCUT2D eigenvalue weighted by atomic mass is 16.6. The highest BCUT2D eigenvalue weighted by Gasteiger charge is 2.36. The second-order valence-electron chi connectivity index (χ2n) is 7.61. The minimum absolute atomic E-state index is 0.181. The number of rotatable bonds is 4. The lowest BCUT2D eigenvalue weighted by atomic mass is 10.1. The third-order valence-corrected chi connectivity index (χ3v) is 4.85. The maximum atomic E-state index is 11.8. The zero-order valence-electron chi connectivity index (χ0n) is 14.5. The number of carbonyl (C=O) groups is 1. The molecule has 0 spiro atoms. The van der Waals surface area contributed by atoms with Crippen molar-refractivity contribution in [3.63, 3.8) is 0 Å². The quantitative estimate of drug-likeness (QED) is 0.810. The second kappa shape index (κ2) is 7.15. The molecule has 6 nitrogen and oxygen atoms in total. The third-order valence-electron chi connectivity index (χ3n) is 4.85. The zero-order chi connectivity index (χ0) is 16.3. The van der Waals surface area contributed by atoms with E-state index in [2.05, 4.69) is 22.2 Å². The van der Waals surface area contributed by atoms with Crippen molar-refractivity contribution in [1.29, 1.82) is 0 Å². The molecular weight excluding hydrogens is 280 g/mol. The number of likely N-dealkylation sites (N-methyl/N-ethyl adjacent to an activating group) is 1. The highest BCUT2D eigenvalue weighted by molar-refractivity contribution is 5.67. The van der Waals surface area contributed by atoms with Crippen molar-refractivity contribution in [1.82, 2.24) is 15.1 Å². The molecule has 2 aliphatic rings. The topological polar surface area (TPSA) is 70.8 Å². The monoisotopic (exact) mass is 312 g/mol. The molecule has 22 heavy (non-hydrogen) atoms. The lowest BCUT2D eigenvalue weighted by Gasteiger charge is -2.32. The molecule has 0 aromatic rings. The predicted octanol–water partition coefficient (Wildman–Crippen LogP) is 1.01. The van der Waals surface area contributed by atoms with Crippen LogP contribution in [0.5, 0.6) is 0 Å². The number of hydrogen-bond acceptors (Lipinski definition) is 5. The van der Waals surface area contributed by atoms with Crippen molar-refractivity contribution in [2.24, 2.45) is 5.73 Å². The molecule has 0 saturated carbocycles. The van der Waals surface area contributed by atoms with Crippen LogP contribution in [0.1, 0.15) is 40.0 Å². The van der Waals surface area contributed by atoms with Gasteiger partial charge in [0.05, 0.1) is 0 Å². The van der Waals surface area contributed by atoms with Gasteiger partial charge in [0, 0.05) is 44.3 Å². The fourth-order valence-electron chi connectivity index (χ4n) is 3.54. The van der Waals surface area contributed by atoms with E-state index >= 15 is 0 Å². The lowest BCUT2D eigenvalue weighted by Crippen LogP contribution is -2.51. The Morgan fingerprint density at radius 2 is 2.00 bits per heavy atom. The average Bonchev–Trinajstić information content (AvgIpc) is 2.64. The molecular formula is C16H32N4O2. The van der Waals surface area contributed by atoms with Crippen molar-refractivity contribution in [3.8, 4) is 0 Å². The summed E-state index contributed by atoms with van der Waals surface area (Å²) in [6.07, 6.45) is 3.42. The van der Waals surface area contributed by atoms with Gasteiger partial charge in [-0.15, -0.1) is 0 Å². The van der Waals surface area contributed by atoms with Crippen LogP contribution < -0.4 is 11.1 Å². The van der Waals surface area contributed by atoms with Crippen LogP contribution in [0.15, 0.2) is 0 Å². The van der Waals surface area contributed by atoms with Crippen LogP contribution in [0.3, 0.4) is 0 Å². The molecule has 2 aliphatic heterocycles. The van der Waals surface area contributed by atoms with E-state index in [1.54, 1.807) is 0 Å². The first-order valence-corrected chi connectivity index (χ1v) is 8.43. The van der Waals surface area contributed by atoms with Gasteiger partial charge in [-0.3, -0.25) is 9.80 Å². The van der Waals surface area contributed by atoms with Crippen molar-refractivity contribution in [2.75, 3.05) is 33.2 Å². The molecule has 2 bridgehead atoms. The van der Waals surface area contributed by atoms with Crippen LogP contribution in [0.2, 0.25) is 0 Å². The van der Waals surface area contributed by atoms with Gasteiger partial charge in [0.25, 0.3) is 0 Å². The van der Waals surface area contributed by atoms with E-state index < -0.39 is 5.60 Å². The Bertz CT molecular complexity index is 383. The van der Waals surface area contributed by atoms with Crippen molar-refractivity contribution in [3.05, 3.63) is 0 Å². The molecule has 2 saturated heterocycles. The molecule has 3 unspecified atom stereocenters. The molecule has 3 atom stereocenters. The normalized spacial score (nSPS) is 28.2. The van der Waals surface area contributed by atoms with Gasteiger partial charge in [-0.2, -0.15) is 0 Å². The first-order chi connectivity index (χ1) is 10.3. The van der Waals surface area contributed by atoms with E-state index in [9.17, 15) is 4.79 Å². The Hall–Kier alpha value is -0.850. The smallest absolute Gasteiger partial charge is 0.407 e. The molecule has 2 heterocycles. The summed E-state index contributed by atoms with van der Waals surface area (Å²) in [5.41, 5.74) is 5.49. The highest BCUT2D eigenvalue weighted by Crippen LogP contribution is 2.29. The van der Waals surface area contributed by atoms with Gasteiger partial charge in [-0.05, 0) is 47.1 Å². The van der Waals surface area contributed by atoms with Crippen molar-refractivity contribution < 1.29 is 9.53 Å². The summed E-state index contributed by atoms with van der Waals surface area (Å²) in [5, 5.41) is 2.87. The van der Waals surface area contributed by atoms with Crippen LogP contribution >= 0.6 is 0 Å². The number of likely N-dealkylation sites (tertiary alicyclic amines) is 1. The fourth-order valence-corrected chi connectivity index (χ4v) is 3.54. The minimum atomic E-state index is -0.466. The summed E-state index contributed by atoms with van der Waals surface area (Å²) in [6.45, 7) is 8.81. The van der Waals surface area contributed by atoms with E-state index in [0.717, 1.165) is 13.1 Å². The van der Waals surface area contributed by atoms with Crippen LogP contribution in [0.25, 0.3) is 0 Å². The summed E-state index contributed by atoms with van der Waals surface area (Å²) in [6, 6.07) is 1.52.